The molecule has 0 radical (unpaired) electrons. The van der Waals surface area contributed by atoms with Crippen LogP contribution in [0.25, 0.3) is 0 Å². The molecule has 0 fully saturated rings. The van der Waals surface area contributed by atoms with Gasteiger partial charge >= 0.3 is 6.61 Å². The molecular formula is C9H8ClF3N2O. The van der Waals surface area contributed by atoms with Crippen molar-refractivity contribution < 1.29 is 17.9 Å². The van der Waals surface area contributed by atoms with E-state index in [2.05, 4.69) is 9.73 Å². The number of amidine groups is 1. The molecule has 1 aromatic rings. The molecular weight excluding hydrogens is 245 g/mol. The molecule has 2 N–H and O–H groups in total. The molecule has 0 aliphatic carbocycles. The molecule has 0 saturated heterocycles. The Morgan fingerprint density at radius 1 is 1.44 bits per heavy atom. The maximum atomic E-state index is 13.0. The zero-order chi connectivity index (χ0) is 12.1. The van der Waals surface area contributed by atoms with E-state index >= 15 is 0 Å². The zero-order valence-electron chi connectivity index (χ0n) is 7.96. The van der Waals surface area contributed by atoms with Gasteiger partial charge in [-0.15, -0.1) is 11.6 Å². The Balaban J connectivity index is 2.98. The molecule has 0 aromatic heterocycles. The maximum Gasteiger partial charge on any atom is 0.387 e. The van der Waals surface area contributed by atoms with Crippen molar-refractivity contribution >= 4 is 23.1 Å². The SMILES string of the molecule is NC(CCl)=Nc1cc(F)cc(OC(F)F)c1. The normalized spacial score (nSPS) is 11.9. The van der Waals surface area contributed by atoms with E-state index in [0.29, 0.717) is 0 Å². The van der Waals surface area contributed by atoms with Gasteiger partial charge in [0, 0.05) is 12.1 Å². The summed E-state index contributed by atoms with van der Waals surface area (Å²) in [5.41, 5.74) is 5.38. The van der Waals surface area contributed by atoms with Gasteiger partial charge in [0.1, 0.15) is 17.4 Å². The molecule has 0 bridgehead atoms. The Hall–Kier alpha value is -1.43. The van der Waals surface area contributed by atoms with Crippen molar-refractivity contribution in [3.63, 3.8) is 0 Å². The van der Waals surface area contributed by atoms with Crippen LogP contribution in [-0.4, -0.2) is 18.3 Å². The summed E-state index contributed by atoms with van der Waals surface area (Å²) in [6.07, 6.45) is 0. The largest absolute Gasteiger partial charge is 0.435 e. The Morgan fingerprint density at radius 3 is 2.69 bits per heavy atom. The number of hydrogen-bond acceptors (Lipinski definition) is 2. The van der Waals surface area contributed by atoms with Gasteiger partial charge in [-0.3, -0.25) is 0 Å². The highest BCUT2D eigenvalue weighted by molar-refractivity contribution is 6.28. The molecule has 0 heterocycles. The minimum Gasteiger partial charge on any atom is -0.435 e. The predicted octanol–water partition coefficient (Wildman–Crippen LogP) is 2.65. The molecule has 0 amide bonds. The van der Waals surface area contributed by atoms with Crippen LogP contribution in [0.5, 0.6) is 5.75 Å². The number of rotatable bonds is 4. The lowest BCUT2D eigenvalue weighted by molar-refractivity contribution is -0.0499. The van der Waals surface area contributed by atoms with Crippen LogP contribution in [0.2, 0.25) is 0 Å². The third kappa shape index (κ3) is 3.98. The highest BCUT2D eigenvalue weighted by Crippen LogP contribution is 2.23. The summed E-state index contributed by atoms with van der Waals surface area (Å²) >= 11 is 5.37. The second-order valence-electron chi connectivity index (χ2n) is 2.76. The van der Waals surface area contributed by atoms with Crippen LogP contribution in [0.1, 0.15) is 0 Å². The molecule has 0 spiro atoms. The van der Waals surface area contributed by atoms with Gasteiger partial charge in [-0.1, -0.05) is 0 Å². The molecule has 1 aromatic carbocycles. The van der Waals surface area contributed by atoms with Crippen LogP contribution >= 0.6 is 11.6 Å². The van der Waals surface area contributed by atoms with Crippen LogP contribution in [0.4, 0.5) is 18.9 Å². The Bertz CT molecular complexity index is 398. The van der Waals surface area contributed by atoms with Crippen molar-refractivity contribution in [2.45, 2.75) is 6.61 Å². The van der Waals surface area contributed by atoms with Crippen molar-refractivity contribution in [3.8, 4) is 5.75 Å². The third-order valence-electron chi connectivity index (χ3n) is 1.49. The summed E-state index contributed by atoms with van der Waals surface area (Å²) in [6, 6.07) is 2.98. The van der Waals surface area contributed by atoms with E-state index in [9.17, 15) is 13.2 Å². The second-order valence-corrected chi connectivity index (χ2v) is 3.03. The summed E-state index contributed by atoms with van der Waals surface area (Å²) in [7, 11) is 0. The fraction of sp³-hybridized carbons (Fsp3) is 0.222. The van der Waals surface area contributed by atoms with Crippen LogP contribution in [0.3, 0.4) is 0 Å². The molecule has 7 heteroatoms. The van der Waals surface area contributed by atoms with Gasteiger partial charge < -0.3 is 10.5 Å². The third-order valence-corrected chi connectivity index (χ3v) is 1.76. The predicted molar refractivity (Wildman–Crippen MR) is 55.0 cm³/mol. The summed E-state index contributed by atoms with van der Waals surface area (Å²) in [5.74, 6) is -1.06. The molecule has 16 heavy (non-hydrogen) atoms. The summed E-state index contributed by atoms with van der Waals surface area (Å²) in [4.78, 5) is 3.70. The lowest BCUT2D eigenvalue weighted by Crippen LogP contribution is -2.12. The number of nitrogens with zero attached hydrogens (tertiary/aromatic N) is 1. The molecule has 3 nitrogen and oxygen atoms in total. The fourth-order valence-electron chi connectivity index (χ4n) is 0.979. The van der Waals surface area contributed by atoms with E-state index in [-0.39, 0.29) is 23.2 Å². The Labute approximate surface area is 94.7 Å². The number of halogens is 4. The van der Waals surface area contributed by atoms with Gasteiger partial charge in [-0.2, -0.15) is 8.78 Å². The number of ether oxygens (including phenoxy) is 1. The molecule has 1 rings (SSSR count). The minimum absolute atomic E-state index is 0.0401. The fourth-order valence-corrected chi connectivity index (χ4v) is 1.04. The van der Waals surface area contributed by atoms with E-state index in [1.165, 1.54) is 0 Å². The molecule has 0 aliphatic rings. The van der Waals surface area contributed by atoms with E-state index in [0.717, 1.165) is 18.2 Å². The summed E-state index contributed by atoms with van der Waals surface area (Å²) in [5, 5.41) is 0. The minimum atomic E-state index is -3.02. The molecule has 0 atom stereocenters. The topological polar surface area (TPSA) is 47.6 Å². The summed E-state index contributed by atoms with van der Waals surface area (Å²) < 4.78 is 40.8. The number of aliphatic imine (C=N–C) groups is 1. The van der Waals surface area contributed by atoms with Crippen LogP contribution in [0.15, 0.2) is 23.2 Å². The number of nitrogens with two attached hydrogens (primary N) is 1. The standard InChI is InChI=1S/C9H8ClF3N2O/c10-4-8(14)15-6-1-5(11)2-7(3-6)16-9(12)13/h1-3,9H,4H2,(H2,14,15). The molecule has 0 aliphatic heterocycles. The van der Waals surface area contributed by atoms with Crippen LogP contribution < -0.4 is 10.5 Å². The van der Waals surface area contributed by atoms with Crippen molar-refractivity contribution in [2.24, 2.45) is 10.7 Å². The van der Waals surface area contributed by atoms with Crippen LogP contribution in [-0.2, 0) is 0 Å². The quantitative estimate of drug-likeness (QED) is 0.509. The Kier molecular flexibility index (Phi) is 4.42. The van der Waals surface area contributed by atoms with Crippen LogP contribution in [0, 0.1) is 5.82 Å². The van der Waals surface area contributed by atoms with E-state index in [4.69, 9.17) is 17.3 Å². The number of alkyl halides is 3. The first-order valence-corrected chi connectivity index (χ1v) is 4.69. The molecule has 88 valence electrons. The van der Waals surface area contributed by atoms with Crippen molar-refractivity contribution in [2.75, 3.05) is 5.88 Å². The first-order valence-electron chi connectivity index (χ1n) is 4.15. The lowest BCUT2D eigenvalue weighted by Gasteiger charge is -2.05. The first kappa shape index (κ1) is 12.6. The number of benzene rings is 1. The number of hydrogen-bond donors (Lipinski definition) is 1. The van der Waals surface area contributed by atoms with Gasteiger partial charge in [0.2, 0.25) is 0 Å². The van der Waals surface area contributed by atoms with Gasteiger partial charge in [0.05, 0.1) is 11.6 Å². The van der Waals surface area contributed by atoms with Gasteiger partial charge in [-0.05, 0) is 6.07 Å². The van der Waals surface area contributed by atoms with E-state index in [1.807, 2.05) is 0 Å². The zero-order valence-corrected chi connectivity index (χ0v) is 8.72. The lowest BCUT2D eigenvalue weighted by atomic mass is 10.3. The van der Waals surface area contributed by atoms with Gasteiger partial charge in [-0.25, -0.2) is 9.38 Å². The molecule has 0 unspecified atom stereocenters. The van der Waals surface area contributed by atoms with E-state index in [1.54, 1.807) is 0 Å². The summed E-state index contributed by atoms with van der Waals surface area (Å²) in [6.45, 7) is -3.02. The average molecular weight is 253 g/mol. The highest BCUT2D eigenvalue weighted by atomic mass is 35.5. The maximum absolute atomic E-state index is 13.0. The van der Waals surface area contributed by atoms with Gasteiger partial charge in [0.25, 0.3) is 0 Å². The van der Waals surface area contributed by atoms with Crippen molar-refractivity contribution in [3.05, 3.63) is 24.0 Å². The first-order chi connectivity index (χ1) is 7.51. The van der Waals surface area contributed by atoms with E-state index < -0.39 is 12.4 Å². The van der Waals surface area contributed by atoms with Crippen molar-refractivity contribution in [1.29, 1.82) is 0 Å². The average Bonchev–Trinajstić information content (AvgIpc) is 2.15. The monoisotopic (exact) mass is 252 g/mol. The second kappa shape index (κ2) is 5.60. The molecule has 0 saturated carbocycles. The Morgan fingerprint density at radius 2 is 2.12 bits per heavy atom. The van der Waals surface area contributed by atoms with Crippen molar-refractivity contribution in [1.82, 2.24) is 0 Å². The van der Waals surface area contributed by atoms with Gasteiger partial charge in [0.15, 0.2) is 0 Å². The smallest absolute Gasteiger partial charge is 0.387 e. The highest BCUT2D eigenvalue weighted by Gasteiger charge is 2.07.